The highest BCUT2D eigenvalue weighted by atomic mass is 19.4. The third kappa shape index (κ3) is 15.5. The predicted molar refractivity (Wildman–Crippen MR) is 201 cm³/mol. The number of nitrogens with one attached hydrogen (secondary N) is 2. The Kier molecular flexibility index (Phi) is 18.5. The Morgan fingerprint density at radius 1 is 0.804 bits per heavy atom. The van der Waals surface area contributed by atoms with Gasteiger partial charge in [-0.1, -0.05) is 18.9 Å². The Morgan fingerprint density at radius 3 is 2.18 bits per heavy atom. The summed E-state index contributed by atoms with van der Waals surface area (Å²) in [6, 6.07) is 12.0. The third-order valence-electron chi connectivity index (χ3n) is 8.55. The number of nitrogens with zero attached hydrogens (tertiary/aromatic N) is 5. The van der Waals surface area contributed by atoms with Gasteiger partial charge in [0.25, 0.3) is 5.91 Å². The van der Waals surface area contributed by atoms with E-state index in [-0.39, 0.29) is 24.1 Å². The first kappa shape index (κ1) is 43.6. The first-order valence-corrected chi connectivity index (χ1v) is 18.7. The van der Waals surface area contributed by atoms with Gasteiger partial charge in [0.05, 0.1) is 45.1 Å². The molecule has 304 valence electrons. The van der Waals surface area contributed by atoms with Crippen LogP contribution in [0.1, 0.15) is 78.7 Å². The molecule has 1 amide bonds. The first-order chi connectivity index (χ1) is 27.1. The molecular formula is C39H50F3N7O7. The highest BCUT2D eigenvalue weighted by molar-refractivity contribution is 5.95. The summed E-state index contributed by atoms with van der Waals surface area (Å²) in [4.78, 5) is 31.6. The SMILES string of the molecule is Cn1c(CNc2cccc(C(=O)NCc3cc(OCCCCCCOCCOCCOCCCCCC(=O)O)ccc3C(F)(F)F)c2)nnc1-c1ccncn1. The second kappa shape index (κ2) is 23.7. The Morgan fingerprint density at radius 2 is 1.50 bits per heavy atom. The number of unbranched alkanes of at least 4 members (excludes halogenated alkanes) is 5. The van der Waals surface area contributed by atoms with Gasteiger partial charge in [0.1, 0.15) is 17.8 Å². The number of aliphatic carboxylic acids is 1. The van der Waals surface area contributed by atoms with Crippen LogP contribution in [0.3, 0.4) is 0 Å². The fraction of sp³-hybridized carbons (Fsp3) is 0.487. The van der Waals surface area contributed by atoms with E-state index in [9.17, 15) is 22.8 Å². The number of rotatable bonds is 27. The number of carbonyl (C=O) groups excluding carboxylic acids is 1. The molecule has 0 saturated carbocycles. The zero-order valence-corrected chi connectivity index (χ0v) is 31.6. The zero-order valence-electron chi connectivity index (χ0n) is 31.6. The molecule has 3 N–H and O–H groups in total. The lowest BCUT2D eigenvalue weighted by atomic mass is 10.1. The molecule has 0 saturated heterocycles. The standard InChI is InChI=1S/C39H50F3N7O7/c1-49-35(47-48-37(49)34-15-16-43-28-46-34)27-44-31-11-9-10-29(24-31)38(52)45-26-30-25-32(13-14-33(30)39(40,41)42)56-19-8-3-2-6-17-53-20-22-55-23-21-54-18-7-4-5-12-36(50)51/h9-11,13-16,24-25,28,44H,2-8,12,17-23,26-27H2,1H3,(H,45,52)(H,50,51). The highest BCUT2D eigenvalue weighted by Crippen LogP contribution is 2.34. The monoisotopic (exact) mass is 785 g/mol. The van der Waals surface area contributed by atoms with Crippen molar-refractivity contribution in [1.82, 2.24) is 30.0 Å². The van der Waals surface area contributed by atoms with E-state index in [1.54, 1.807) is 41.1 Å². The van der Waals surface area contributed by atoms with Gasteiger partial charge in [-0.05, 0) is 80.1 Å². The largest absolute Gasteiger partial charge is 0.494 e. The Bertz CT molecular complexity index is 1780. The van der Waals surface area contributed by atoms with Gasteiger partial charge < -0.3 is 39.3 Å². The molecule has 14 nitrogen and oxygen atoms in total. The maximum atomic E-state index is 13.9. The van der Waals surface area contributed by atoms with E-state index in [4.69, 9.17) is 24.1 Å². The number of carbonyl (C=O) groups is 2. The van der Waals surface area contributed by atoms with E-state index in [0.29, 0.717) is 88.0 Å². The van der Waals surface area contributed by atoms with Gasteiger partial charge in [-0.15, -0.1) is 10.2 Å². The lowest BCUT2D eigenvalue weighted by Crippen LogP contribution is -2.24. The lowest BCUT2D eigenvalue weighted by Gasteiger charge is -2.16. The summed E-state index contributed by atoms with van der Waals surface area (Å²) >= 11 is 0. The van der Waals surface area contributed by atoms with E-state index < -0.39 is 23.6 Å². The number of hydrogen-bond donors (Lipinski definition) is 3. The van der Waals surface area contributed by atoms with Crippen LogP contribution in [0.25, 0.3) is 11.5 Å². The van der Waals surface area contributed by atoms with E-state index >= 15 is 0 Å². The number of ether oxygens (including phenoxy) is 4. The Balaban J connectivity index is 1.11. The first-order valence-electron chi connectivity index (χ1n) is 18.7. The molecule has 56 heavy (non-hydrogen) atoms. The quantitative estimate of drug-likeness (QED) is 0.0564. The van der Waals surface area contributed by atoms with Crippen LogP contribution in [0.2, 0.25) is 0 Å². The summed E-state index contributed by atoms with van der Waals surface area (Å²) in [6.07, 6.45) is 4.31. The molecule has 0 radical (unpaired) electrons. The van der Waals surface area contributed by atoms with Gasteiger partial charge in [-0.3, -0.25) is 9.59 Å². The molecule has 2 aromatic heterocycles. The van der Waals surface area contributed by atoms with Crippen LogP contribution < -0.4 is 15.4 Å². The minimum atomic E-state index is -4.61. The topological polar surface area (TPSA) is 172 Å². The summed E-state index contributed by atoms with van der Waals surface area (Å²) < 4.78 is 65.7. The summed E-state index contributed by atoms with van der Waals surface area (Å²) in [6.45, 7) is 3.40. The molecule has 4 rings (SSSR count). The molecule has 0 bridgehead atoms. The van der Waals surface area contributed by atoms with Crippen molar-refractivity contribution in [2.45, 2.75) is 70.6 Å². The van der Waals surface area contributed by atoms with Crippen LogP contribution >= 0.6 is 0 Å². The summed E-state index contributed by atoms with van der Waals surface area (Å²) in [5, 5.41) is 22.8. The van der Waals surface area contributed by atoms with Crippen molar-refractivity contribution in [1.29, 1.82) is 0 Å². The molecule has 0 aliphatic rings. The molecular weight excluding hydrogens is 735 g/mol. The third-order valence-corrected chi connectivity index (χ3v) is 8.55. The van der Waals surface area contributed by atoms with Crippen LogP contribution in [-0.2, 0) is 45.3 Å². The number of carboxylic acid groups (broad SMARTS) is 1. The number of alkyl halides is 3. The number of aromatic nitrogens is 5. The van der Waals surface area contributed by atoms with Crippen molar-refractivity contribution in [2.24, 2.45) is 7.05 Å². The van der Waals surface area contributed by atoms with Crippen molar-refractivity contribution >= 4 is 17.6 Å². The van der Waals surface area contributed by atoms with Gasteiger partial charge in [0.2, 0.25) is 0 Å². The van der Waals surface area contributed by atoms with Gasteiger partial charge >= 0.3 is 12.1 Å². The molecule has 2 heterocycles. The molecule has 0 spiro atoms. The molecule has 0 unspecified atom stereocenters. The second-order valence-corrected chi connectivity index (χ2v) is 12.8. The van der Waals surface area contributed by atoms with Crippen LogP contribution in [0.4, 0.5) is 18.9 Å². The van der Waals surface area contributed by atoms with Crippen LogP contribution in [0, 0.1) is 0 Å². The molecule has 0 atom stereocenters. The van der Waals surface area contributed by atoms with Gasteiger partial charge in [-0.25, -0.2) is 9.97 Å². The smallest absolute Gasteiger partial charge is 0.416 e. The van der Waals surface area contributed by atoms with Crippen molar-refractivity contribution in [2.75, 3.05) is 51.6 Å². The predicted octanol–water partition coefficient (Wildman–Crippen LogP) is 6.47. The number of amides is 1. The van der Waals surface area contributed by atoms with E-state index in [0.717, 1.165) is 44.6 Å². The number of benzene rings is 2. The molecule has 0 aliphatic carbocycles. The number of carboxylic acids is 1. The normalized spacial score (nSPS) is 11.4. The zero-order chi connectivity index (χ0) is 40.0. The second-order valence-electron chi connectivity index (χ2n) is 12.8. The van der Waals surface area contributed by atoms with Crippen LogP contribution in [-0.4, -0.2) is 88.0 Å². The van der Waals surface area contributed by atoms with Crippen molar-refractivity contribution in [3.8, 4) is 17.3 Å². The minimum absolute atomic E-state index is 0.0991. The Hall–Kier alpha value is -5.13. The van der Waals surface area contributed by atoms with Crippen LogP contribution in [0.5, 0.6) is 5.75 Å². The van der Waals surface area contributed by atoms with Crippen LogP contribution in [0.15, 0.2) is 61.1 Å². The maximum absolute atomic E-state index is 13.9. The van der Waals surface area contributed by atoms with Crippen molar-refractivity contribution in [3.05, 3.63) is 83.6 Å². The van der Waals surface area contributed by atoms with E-state index in [1.807, 2.05) is 7.05 Å². The van der Waals surface area contributed by atoms with Crippen molar-refractivity contribution in [3.63, 3.8) is 0 Å². The summed E-state index contributed by atoms with van der Waals surface area (Å²) in [7, 11) is 1.81. The van der Waals surface area contributed by atoms with Gasteiger partial charge in [0, 0.05) is 50.7 Å². The fourth-order valence-corrected chi connectivity index (χ4v) is 5.52. The average Bonchev–Trinajstić information content (AvgIpc) is 3.56. The maximum Gasteiger partial charge on any atom is 0.416 e. The van der Waals surface area contributed by atoms with E-state index in [2.05, 4.69) is 30.8 Å². The van der Waals surface area contributed by atoms with Crippen molar-refractivity contribution < 1.29 is 46.8 Å². The summed E-state index contributed by atoms with van der Waals surface area (Å²) in [5.74, 6) is 0.187. The molecule has 4 aromatic rings. The molecule has 2 aromatic carbocycles. The fourth-order valence-electron chi connectivity index (χ4n) is 5.52. The number of anilines is 1. The van der Waals surface area contributed by atoms with Gasteiger partial charge in [-0.2, -0.15) is 13.2 Å². The minimum Gasteiger partial charge on any atom is -0.494 e. The molecule has 0 fully saturated rings. The Labute approximate surface area is 324 Å². The van der Waals surface area contributed by atoms with E-state index in [1.165, 1.54) is 18.5 Å². The summed E-state index contributed by atoms with van der Waals surface area (Å²) in [5.41, 5.74) is 0.574. The number of halogens is 3. The van der Waals surface area contributed by atoms with Gasteiger partial charge in [0.15, 0.2) is 11.6 Å². The number of hydrogen-bond acceptors (Lipinski definition) is 11. The molecule has 17 heteroatoms. The lowest BCUT2D eigenvalue weighted by molar-refractivity contribution is -0.138. The molecule has 0 aliphatic heterocycles. The average molecular weight is 786 g/mol. The highest BCUT2D eigenvalue weighted by Gasteiger charge is 2.33.